The Bertz CT molecular complexity index is 1180. The largest absolute Gasteiger partial charge is 0.376 e. The molecule has 2 aliphatic heterocycles. The third-order valence-corrected chi connectivity index (χ3v) is 7.40. The Balaban J connectivity index is 1.53. The topological polar surface area (TPSA) is 63.6 Å². The molecule has 1 fully saturated rings. The van der Waals surface area contributed by atoms with Gasteiger partial charge in [0.15, 0.2) is 0 Å². The lowest BCUT2D eigenvalue weighted by atomic mass is 9.93. The summed E-state index contributed by atoms with van der Waals surface area (Å²) in [5.41, 5.74) is 1.50. The molecular formula is C25H26BrN3O3. The molecule has 6 nitrogen and oxygen atoms in total. The van der Waals surface area contributed by atoms with E-state index < -0.39 is 5.54 Å². The summed E-state index contributed by atoms with van der Waals surface area (Å²) in [6, 6.07) is 17.7. The highest BCUT2D eigenvalue weighted by Gasteiger charge is 2.47. The number of hydrogen-bond donors (Lipinski definition) is 1. The Morgan fingerprint density at radius 1 is 1.22 bits per heavy atom. The fourth-order valence-electron chi connectivity index (χ4n) is 4.75. The Kier molecular flexibility index (Phi) is 5.55. The smallest absolute Gasteiger partial charge is 0.271 e. The van der Waals surface area contributed by atoms with E-state index in [2.05, 4.69) is 21.2 Å². The summed E-state index contributed by atoms with van der Waals surface area (Å²) >= 11 is 3.59. The summed E-state index contributed by atoms with van der Waals surface area (Å²) in [5, 5.41) is 4.07. The number of ether oxygens (including phenoxy) is 1. The molecule has 1 aromatic heterocycles. The van der Waals surface area contributed by atoms with Gasteiger partial charge in [-0.1, -0.05) is 52.3 Å². The van der Waals surface area contributed by atoms with Gasteiger partial charge in [-0.3, -0.25) is 9.59 Å². The summed E-state index contributed by atoms with van der Waals surface area (Å²) < 4.78 is 8.58. The summed E-state index contributed by atoms with van der Waals surface area (Å²) in [7, 11) is 0. The van der Waals surface area contributed by atoms with Crippen LogP contribution in [0.25, 0.3) is 10.9 Å². The van der Waals surface area contributed by atoms with Crippen LogP contribution < -0.4 is 5.32 Å². The molecule has 7 heteroatoms. The van der Waals surface area contributed by atoms with Gasteiger partial charge in [0.25, 0.3) is 5.91 Å². The van der Waals surface area contributed by atoms with Gasteiger partial charge in [-0.25, -0.2) is 0 Å². The number of hydrogen-bond acceptors (Lipinski definition) is 3. The monoisotopic (exact) mass is 495 g/mol. The summed E-state index contributed by atoms with van der Waals surface area (Å²) in [6.07, 6.45) is 2.01. The van der Waals surface area contributed by atoms with E-state index in [0.717, 1.165) is 40.4 Å². The van der Waals surface area contributed by atoms with Crippen LogP contribution in [0.15, 0.2) is 59.1 Å². The molecule has 0 radical (unpaired) electrons. The van der Waals surface area contributed by atoms with Crippen LogP contribution >= 0.6 is 15.9 Å². The molecule has 3 aromatic rings. The minimum atomic E-state index is -1.04. The van der Waals surface area contributed by atoms with Crippen LogP contribution in [0.3, 0.4) is 0 Å². The zero-order valence-electron chi connectivity index (χ0n) is 18.0. The van der Waals surface area contributed by atoms with Crippen molar-refractivity contribution in [1.82, 2.24) is 14.8 Å². The summed E-state index contributed by atoms with van der Waals surface area (Å²) in [5.74, 6) is -0.296. The minimum Gasteiger partial charge on any atom is -0.376 e. The fraction of sp³-hybridized carbons (Fsp3) is 0.360. The molecule has 0 spiro atoms. The van der Waals surface area contributed by atoms with Gasteiger partial charge in [-0.2, -0.15) is 0 Å². The van der Waals surface area contributed by atoms with Crippen LogP contribution in [-0.4, -0.2) is 46.1 Å². The lowest BCUT2D eigenvalue weighted by molar-refractivity contribution is -0.133. The first-order valence-electron chi connectivity index (χ1n) is 11.0. The number of carbonyl (C=O) groups excluding carboxylic acids is 2. The van der Waals surface area contributed by atoms with Crippen LogP contribution in [-0.2, 0) is 22.6 Å². The fourth-order valence-corrected chi connectivity index (χ4v) is 5.16. The van der Waals surface area contributed by atoms with Gasteiger partial charge in [0.05, 0.1) is 12.6 Å². The van der Waals surface area contributed by atoms with E-state index in [4.69, 9.17) is 4.74 Å². The Labute approximate surface area is 195 Å². The first-order valence-corrected chi connectivity index (χ1v) is 11.8. The second kappa shape index (κ2) is 8.37. The van der Waals surface area contributed by atoms with Crippen molar-refractivity contribution in [3.63, 3.8) is 0 Å². The van der Waals surface area contributed by atoms with E-state index in [1.807, 2.05) is 66.1 Å². The number of benzene rings is 2. The number of fused-ring (bicyclic) bond motifs is 3. The molecule has 0 unspecified atom stereocenters. The van der Waals surface area contributed by atoms with Crippen molar-refractivity contribution >= 4 is 38.6 Å². The molecule has 166 valence electrons. The summed E-state index contributed by atoms with van der Waals surface area (Å²) in [6.45, 7) is 3.80. The number of rotatable bonds is 5. The molecule has 2 amide bonds. The number of carbonyl (C=O) groups is 2. The number of para-hydroxylation sites is 1. The molecule has 3 heterocycles. The molecule has 0 bridgehead atoms. The maximum absolute atomic E-state index is 13.8. The van der Waals surface area contributed by atoms with Crippen molar-refractivity contribution in [3.8, 4) is 0 Å². The van der Waals surface area contributed by atoms with Crippen molar-refractivity contribution in [2.24, 2.45) is 0 Å². The lowest BCUT2D eigenvalue weighted by Crippen LogP contribution is -2.64. The second-order valence-corrected chi connectivity index (χ2v) is 9.63. The van der Waals surface area contributed by atoms with E-state index in [9.17, 15) is 9.59 Å². The van der Waals surface area contributed by atoms with Crippen LogP contribution in [0, 0.1) is 0 Å². The number of aromatic nitrogens is 1. The molecule has 32 heavy (non-hydrogen) atoms. The first kappa shape index (κ1) is 21.2. The van der Waals surface area contributed by atoms with Crippen LogP contribution in [0.1, 0.15) is 35.8 Å². The van der Waals surface area contributed by atoms with Gasteiger partial charge < -0.3 is 19.5 Å². The molecule has 1 N–H and O–H groups in total. The predicted octanol–water partition coefficient (Wildman–Crippen LogP) is 4.11. The number of nitrogens with one attached hydrogen (secondary N) is 1. The standard InChI is InChI=1S/C25H26BrN3O3/c1-25(24(31)27-14-19-9-6-12-32-19)16-28-21-11-5-3-7-17(21)13-22(28)23(30)29(25)15-18-8-2-4-10-20(18)26/h2-5,7-8,10-11,13,19H,6,9,12,14-16H2,1H3,(H,27,31)/t19-,25-/m0/s1. The van der Waals surface area contributed by atoms with Crippen molar-refractivity contribution in [2.45, 2.75) is 44.5 Å². The van der Waals surface area contributed by atoms with Crippen LogP contribution in [0.5, 0.6) is 0 Å². The quantitative estimate of drug-likeness (QED) is 0.579. The Morgan fingerprint density at radius 2 is 2.00 bits per heavy atom. The first-order chi connectivity index (χ1) is 15.5. The van der Waals surface area contributed by atoms with E-state index in [1.165, 1.54) is 0 Å². The molecule has 0 saturated carbocycles. The number of amides is 2. The van der Waals surface area contributed by atoms with Gasteiger partial charge in [0.2, 0.25) is 5.91 Å². The van der Waals surface area contributed by atoms with Gasteiger partial charge in [-0.05, 0) is 43.5 Å². The third kappa shape index (κ3) is 3.63. The number of nitrogens with zero attached hydrogens (tertiary/aromatic N) is 2. The Morgan fingerprint density at radius 3 is 2.78 bits per heavy atom. The molecule has 2 aromatic carbocycles. The van der Waals surface area contributed by atoms with Gasteiger partial charge in [0, 0.05) is 35.1 Å². The average molecular weight is 496 g/mol. The lowest BCUT2D eigenvalue weighted by Gasteiger charge is -2.44. The van der Waals surface area contributed by atoms with Gasteiger partial charge in [-0.15, -0.1) is 0 Å². The van der Waals surface area contributed by atoms with Crippen LogP contribution in [0.4, 0.5) is 0 Å². The maximum Gasteiger partial charge on any atom is 0.271 e. The second-order valence-electron chi connectivity index (χ2n) is 8.78. The van der Waals surface area contributed by atoms with Gasteiger partial charge in [0.1, 0.15) is 11.2 Å². The summed E-state index contributed by atoms with van der Waals surface area (Å²) in [4.78, 5) is 29.1. The van der Waals surface area contributed by atoms with Crippen molar-refractivity contribution in [3.05, 3.63) is 70.3 Å². The molecule has 5 rings (SSSR count). The number of halogens is 1. The zero-order valence-corrected chi connectivity index (χ0v) is 19.6. The highest BCUT2D eigenvalue weighted by atomic mass is 79.9. The minimum absolute atomic E-state index is 0.0431. The molecular weight excluding hydrogens is 470 g/mol. The molecule has 1 saturated heterocycles. The predicted molar refractivity (Wildman–Crippen MR) is 126 cm³/mol. The maximum atomic E-state index is 13.8. The van der Waals surface area contributed by atoms with Gasteiger partial charge >= 0.3 is 0 Å². The molecule has 0 aliphatic carbocycles. The molecule has 2 aliphatic rings. The van der Waals surface area contributed by atoms with Crippen molar-refractivity contribution in [1.29, 1.82) is 0 Å². The third-order valence-electron chi connectivity index (χ3n) is 6.63. The normalized spacial score (nSPS) is 22.9. The van der Waals surface area contributed by atoms with Crippen molar-refractivity contribution in [2.75, 3.05) is 13.2 Å². The highest BCUT2D eigenvalue weighted by molar-refractivity contribution is 9.10. The highest BCUT2D eigenvalue weighted by Crippen LogP contribution is 2.34. The van der Waals surface area contributed by atoms with E-state index in [0.29, 0.717) is 25.3 Å². The van der Waals surface area contributed by atoms with E-state index >= 15 is 0 Å². The van der Waals surface area contributed by atoms with Crippen LogP contribution in [0.2, 0.25) is 0 Å². The SMILES string of the molecule is C[C@@]1(C(=O)NC[C@@H]2CCCO2)Cn2c(cc3ccccc32)C(=O)N1Cc1ccccc1Br. The van der Waals surface area contributed by atoms with Crippen molar-refractivity contribution < 1.29 is 14.3 Å². The van der Waals surface area contributed by atoms with E-state index in [-0.39, 0.29) is 17.9 Å². The zero-order chi connectivity index (χ0) is 22.3. The Hall–Kier alpha value is -2.64. The molecule has 2 atom stereocenters. The average Bonchev–Trinajstić information content (AvgIpc) is 3.44. The van der Waals surface area contributed by atoms with E-state index in [1.54, 1.807) is 4.90 Å².